The van der Waals surface area contributed by atoms with E-state index in [-0.39, 0.29) is 11.6 Å². The summed E-state index contributed by atoms with van der Waals surface area (Å²) in [6, 6.07) is 11.3. The number of nitrogens with zero attached hydrogens (tertiary/aromatic N) is 2. The number of hydrogen-bond donors (Lipinski definition) is 0. The molecule has 2 aliphatic rings. The van der Waals surface area contributed by atoms with Crippen LogP contribution in [0.1, 0.15) is 12.0 Å². The Balaban J connectivity index is 1.67. The molecule has 1 atom stereocenters. The Morgan fingerprint density at radius 2 is 1.96 bits per heavy atom. The van der Waals surface area contributed by atoms with Gasteiger partial charge in [0.05, 0.1) is 24.1 Å². The summed E-state index contributed by atoms with van der Waals surface area (Å²) in [6.45, 7) is 2.27. The van der Waals surface area contributed by atoms with E-state index in [4.69, 9.17) is 4.74 Å². The van der Waals surface area contributed by atoms with E-state index < -0.39 is 0 Å². The summed E-state index contributed by atoms with van der Waals surface area (Å²) in [4.78, 5) is 0. The van der Waals surface area contributed by atoms with Gasteiger partial charge in [0.1, 0.15) is 11.6 Å². The molecule has 0 aliphatic carbocycles. The number of halogens is 2. The van der Waals surface area contributed by atoms with Gasteiger partial charge in [0.15, 0.2) is 0 Å². The van der Waals surface area contributed by atoms with Gasteiger partial charge in [0, 0.05) is 25.2 Å². The van der Waals surface area contributed by atoms with Crippen LogP contribution in [0.15, 0.2) is 42.5 Å². The van der Waals surface area contributed by atoms with E-state index in [1.807, 2.05) is 4.31 Å². The first kappa shape index (κ1) is 14.9. The molecule has 0 radical (unpaired) electrons. The lowest BCUT2D eigenvalue weighted by atomic mass is 10.1. The summed E-state index contributed by atoms with van der Waals surface area (Å²) < 4.78 is 37.1. The molecule has 0 N–H and O–H groups in total. The van der Waals surface area contributed by atoms with Crippen molar-refractivity contribution >= 4 is 23.5 Å². The summed E-state index contributed by atoms with van der Waals surface area (Å²) in [5.74, 6) is -0.558. The number of rotatable bonds is 4. The van der Waals surface area contributed by atoms with Crippen LogP contribution in [-0.4, -0.2) is 23.6 Å². The van der Waals surface area contributed by atoms with Crippen LogP contribution in [0.4, 0.5) is 20.2 Å². The second kappa shape index (κ2) is 6.11. The highest BCUT2D eigenvalue weighted by Gasteiger charge is 2.29. The van der Waals surface area contributed by atoms with E-state index in [1.165, 1.54) is 30.3 Å². The zero-order valence-electron chi connectivity index (χ0n) is 12.4. The van der Waals surface area contributed by atoms with Crippen LogP contribution < -0.4 is 4.31 Å². The molecule has 2 aliphatic heterocycles. The number of fused-ring (bicyclic) bond motifs is 1. The van der Waals surface area contributed by atoms with Gasteiger partial charge in [-0.25, -0.2) is 13.1 Å². The first-order chi connectivity index (χ1) is 11.2. The molecule has 3 nitrogen and oxygen atoms in total. The maximum absolute atomic E-state index is 14.2. The molecule has 2 heterocycles. The van der Waals surface area contributed by atoms with Crippen molar-refractivity contribution in [1.29, 1.82) is 0 Å². The monoisotopic (exact) mass is 334 g/mol. The minimum absolute atomic E-state index is 0.269. The average molecular weight is 334 g/mol. The Labute approximate surface area is 138 Å². The molecule has 2 aromatic rings. The summed E-state index contributed by atoms with van der Waals surface area (Å²) in [5.41, 5.74) is 2.18. The van der Waals surface area contributed by atoms with Crippen LogP contribution >= 0.6 is 12.1 Å². The molecule has 0 saturated carbocycles. The Morgan fingerprint density at radius 3 is 2.74 bits per heavy atom. The van der Waals surface area contributed by atoms with Gasteiger partial charge < -0.3 is 4.74 Å². The fourth-order valence-corrected chi connectivity index (χ4v) is 3.81. The fourth-order valence-electron chi connectivity index (χ4n) is 2.69. The first-order valence-electron chi connectivity index (χ1n) is 7.58. The highest BCUT2D eigenvalue weighted by atomic mass is 32.2. The minimum Gasteiger partial charge on any atom is -0.373 e. The zero-order valence-corrected chi connectivity index (χ0v) is 13.2. The number of anilines is 2. The molecule has 0 bridgehead atoms. The van der Waals surface area contributed by atoms with Crippen molar-refractivity contribution in [3.8, 4) is 0 Å². The van der Waals surface area contributed by atoms with Crippen LogP contribution in [0.25, 0.3) is 0 Å². The summed E-state index contributed by atoms with van der Waals surface area (Å²) in [7, 11) is 0. The topological polar surface area (TPSA) is 19.0 Å². The van der Waals surface area contributed by atoms with Crippen LogP contribution in [0.5, 0.6) is 0 Å². The Kier molecular flexibility index (Phi) is 3.97. The molecular formula is C17H16F2N2OS. The van der Waals surface area contributed by atoms with Gasteiger partial charge in [0.25, 0.3) is 0 Å². The first-order valence-corrected chi connectivity index (χ1v) is 8.31. The maximum Gasteiger partial charge on any atom is 0.147 e. The van der Waals surface area contributed by atoms with Gasteiger partial charge in [-0.1, -0.05) is 12.1 Å². The fraction of sp³-hybridized carbons (Fsp3) is 0.294. The van der Waals surface area contributed by atoms with Crippen molar-refractivity contribution in [3.63, 3.8) is 0 Å². The molecule has 1 fully saturated rings. The number of ether oxygens (including phenoxy) is 1. The largest absolute Gasteiger partial charge is 0.373 e. The zero-order chi connectivity index (χ0) is 15.8. The molecule has 2 aromatic carbocycles. The Morgan fingerprint density at radius 1 is 1.13 bits per heavy atom. The van der Waals surface area contributed by atoms with Gasteiger partial charge in [-0.15, -0.1) is 0 Å². The molecule has 0 spiro atoms. The van der Waals surface area contributed by atoms with Gasteiger partial charge in [-0.05, 0) is 42.3 Å². The van der Waals surface area contributed by atoms with Crippen molar-refractivity contribution < 1.29 is 13.5 Å². The van der Waals surface area contributed by atoms with E-state index in [0.29, 0.717) is 18.3 Å². The van der Waals surface area contributed by atoms with Crippen molar-refractivity contribution in [1.82, 2.24) is 4.31 Å². The van der Waals surface area contributed by atoms with Crippen LogP contribution in [0.2, 0.25) is 0 Å². The Hall–Kier alpha value is -1.63. The SMILES string of the molecule is Fc1ccc2c(c1)CN(CC[C@H]1CO1)SN2c1ccccc1F. The van der Waals surface area contributed by atoms with Crippen molar-refractivity contribution in [2.45, 2.75) is 19.1 Å². The van der Waals surface area contributed by atoms with Crippen molar-refractivity contribution in [2.75, 3.05) is 17.5 Å². The molecule has 4 rings (SSSR count). The van der Waals surface area contributed by atoms with Gasteiger partial charge in [0.2, 0.25) is 0 Å². The predicted octanol–water partition coefficient (Wildman–Crippen LogP) is 4.27. The minimum atomic E-state index is -0.289. The van der Waals surface area contributed by atoms with Crippen LogP contribution in [0.3, 0.4) is 0 Å². The lowest BCUT2D eigenvalue weighted by Gasteiger charge is -2.36. The highest BCUT2D eigenvalue weighted by Crippen LogP contribution is 2.43. The molecule has 0 amide bonds. The second-order valence-electron chi connectivity index (χ2n) is 5.71. The van der Waals surface area contributed by atoms with Gasteiger partial charge in [-0.3, -0.25) is 4.31 Å². The van der Waals surface area contributed by atoms with Crippen molar-refractivity contribution in [3.05, 3.63) is 59.7 Å². The van der Waals surface area contributed by atoms with E-state index in [9.17, 15) is 8.78 Å². The molecule has 1 saturated heterocycles. The standard InChI is InChI=1S/C17H16F2N2OS/c18-13-5-6-16-12(9-13)10-20(8-7-14-11-22-14)23-21(16)17-4-2-1-3-15(17)19/h1-6,9,14H,7-8,10-11H2/t14-/m0/s1. The lowest BCUT2D eigenvalue weighted by Crippen LogP contribution is -2.29. The maximum atomic E-state index is 14.2. The van der Waals surface area contributed by atoms with E-state index in [1.54, 1.807) is 24.3 Å². The van der Waals surface area contributed by atoms with Crippen LogP contribution in [-0.2, 0) is 11.3 Å². The smallest absolute Gasteiger partial charge is 0.147 e. The van der Waals surface area contributed by atoms with Crippen molar-refractivity contribution in [2.24, 2.45) is 0 Å². The number of epoxide rings is 1. The third-order valence-corrected chi connectivity index (χ3v) is 5.08. The number of benzene rings is 2. The average Bonchev–Trinajstić information content (AvgIpc) is 3.36. The second-order valence-corrected chi connectivity index (χ2v) is 6.75. The quantitative estimate of drug-likeness (QED) is 0.614. The summed E-state index contributed by atoms with van der Waals surface area (Å²) in [5, 5.41) is 0. The van der Waals surface area contributed by atoms with Gasteiger partial charge >= 0.3 is 0 Å². The third-order valence-electron chi connectivity index (χ3n) is 3.98. The predicted molar refractivity (Wildman–Crippen MR) is 87.3 cm³/mol. The summed E-state index contributed by atoms with van der Waals surface area (Å²) in [6.07, 6.45) is 1.27. The third kappa shape index (κ3) is 3.20. The lowest BCUT2D eigenvalue weighted by molar-refractivity contribution is 0.363. The highest BCUT2D eigenvalue weighted by molar-refractivity contribution is 7.98. The molecule has 23 heavy (non-hydrogen) atoms. The molecule has 6 heteroatoms. The number of para-hydroxylation sites is 1. The normalized spacial score (nSPS) is 20.4. The summed E-state index contributed by atoms with van der Waals surface area (Å²) >= 11 is 1.47. The molecule has 0 unspecified atom stereocenters. The number of hydrogen-bond acceptors (Lipinski definition) is 4. The molecule has 120 valence electrons. The van der Waals surface area contributed by atoms with E-state index in [2.05, 4.69) is 4.31 Å². The Bertz CT molecular complexity index is 723. The van der Waals surface area contributed by atoms with E-state index in [0.717, 1.165) is 30.8 Å². The van der Waals surface area contributed by atoms with Gasteiger partial charge in [-0.2, -0.15) is 0 Å². The van der Waals surface area contributed by atoms with Crippen LogP contribution in [0, 0.1) is 11.6 Å². The molecule has 0 aromatic heterocycles. The molecular weight excluding hydrogens is 318 g/mol. The van der Waals surface area contributed by atoms with E-state index >= 15 is 0 Å².